The predicted octanol–water partition coefficient (Wildman–Crippen LogP) is 5.28. The Morgan fingerprint density at radius 1 is 1.03 bits per heavy atom. The number of hydrogen-bond acceptors (Lipinski definition) is 6. The van der Waals surface area contributed by atoms with Crippen LogP contribution in [0.2, 0.25) is 0 Å². The van der Waals surface area contributed by atoms with Crippen molar-refractivity contribution < 1.29 is 18.7 Å². The lowest BCUT2D eigenvalue weighted by Crippen LogP contribution is -2.35. The van der Waals surface area contributed by atoms with Crippen molar-refractivity contribution in [2.45, 2.75) is 13.0 Å². The fraction of sp³-hybridized carbons (Fsp3) is 0.111. The van der Waals surface area contributed by atoms with Gasteiger partial charge in [0.15, 0.2) is 17.3 Å². The summed E-state index contributed by atoms with van der Waals surface area (Å²) in [7, 11) is 1.52. The monoisotopic (exact) mass is 500 g/mol. The molecule has 0 saturated carbocycles. The maximum Gasteiger partial charge on any atom is 0.283 e. The third-order valence-corrected chi connectivity index (χ3v) is 6.41. The highest BCUT2D eigenvalue weighted by molar-refractivity contribution is 8.26. The molecule has 5 rings (SSSR count). The van der Waals surface area contributed by atoms with E-state index in [-0.39, 0.29) is 23.8 Å². The van der Waals surface area contributed by atoms with Crippen molar-refractivity contribution >= 4 is 39.8 Å². The van der Waals surface area contributed by atoms with Crippen molar-refractivity contribution in [1.29, 1.82) is 5.41 Å². The molecule has 9 heteroatoms. The van der Waals surface area contributed by atoms with Crippen LogP contribution in [-0.4, -0.2) is 34.1 Å². The summed E-state index contributed by atoms with van der Waals surface area (Å²) in [4.78, 5) is 16.9. The van der Waals surface area contributed by atoms with E-state index in [1.165, 1.54) is 36.0 Å². The number of methoxy groups -OCH3 is 1. The highest BCUT2D eigenvalue weighted by Crippen LogP contribution is 2.32. The van der Waals surface area contributed by atoms with Crippen LogP contribution in [0.5, 0.6) is 11.5 Å². The van der Waals surface area contributed by atoms with E-state index in [9.17, 15) is 9.18 Å². The number of aliphatic imine (C=N–C) groups is 1. The summed E-state index contributed by atoms with van der Waals surface area (Å²) >= 11 is 1.30. The Hall–Kier alpha value is -4.24. The number of amides is 1. The first-order valence-electron chi connectivity index (χ1n) is 11.1. The second-order valence-corrected chi connectivity index (χ2v) is 9.04. The van der Waals surface area contributed by atoms with E-state index < -0.39 is 5.91 Å². The molecule has 1 amide bonds. The van der Waals surface area contributed by atoms with Gasteiger partial charge in [-0.05, 0) is 58.8 Å². The van der Waals surface area contributed by atoms with Crippen molar-refractivity contribution in [3.8, 4) is 11.5 Å². The van der Waals surface area contributed by atoms with Crippen LogP contribution in [0.3, 0.4) is 0 Å². The highest BCUT2D eigenvalue weighted by atomic mass is 32.2. The molecule has 7 nitrogen and oxygen atoms in total. The Labute approximate surface area is 211 Å². The fourth-order valence-electron chi connectivity index (χ4n) is 3.68. The minimum atomic E-state index is -0.495. The van der Waals surface area contributed by atoms with Gasteiger partial charge >= 0.3 is 0 Å². The zero-order chi connectivity index (χ0) is 25.1. The van der Waals surface area contributed by atoms with Crippen LogP contribution in [0.1, 0.15) is 16.7 Å². The van der Waals surface area contributed by atoms with E-state index in [4.69, 9.17) is 14.9 Å². The molecule has 0 aromatic heterocycles. The normalized spacial score (nSPS) is 16.1. The maximum absolute atomic E-state index is 13.1. The third kappa shape index (κ3) is 5.06. The molecule has 0 saturated heterocycles. The molecule has 36 heavy (non-hydrogen) atoms. The minimum absolute atomic E-state index is 0.0313. The number of amidine groups is 2. The molecule has 3 aromatic rings. The molecule has 0 bridgehead atoms. The van der Waals surface area contributed by atoms with Crippen molar-refractivity contribution in [2.75, 3.05) is 7.11 Å². The smallest absolute Gasteiger partial charge is 0.283 e. The van der Waals surface area contributed by atoms with E-state index in [0.717, 1.165) is 16.2 Å². The van der Waals surface area contributed by atoms with Crippen molar-refractivity contribution in [1.82, 2.24) is 5.01 Å². The summed E-state index contributed by atoms with van der Waals surface area (Å²) < 4.78 is 24.4. The van der Waals surface area contributed by atoms with Gasteiger partial charge in [0.1, 0.15) is 17.5 Å². The molecule has 1 N–H and O–H groups in total. The zero-order valence-electron chi connectivity index (χ0n) is 19.3. The summed E-state index contributed by atoms with van der Waals surface area (Å²) in [5.74, 6) is 0.131. The van der Waals surface area contributed by atoms with E-state index in [1.54, 1.807) is 36.4 Å². The van der Waals surface area contributed by atoms with Crippen LogP contribution in [0.25, 0.3) is 6.08 Å². The third-order valence-electron chi connectivity index (χ3n) is 5.50. The van der Waals surface area contributed by atoms with Gasteiger partial charge in [0.05, 0.1) is 12.7 Å². The topological polar surface area (TPSA) is 87.3 Å². The molecule has 3 aromatic carbocycles. The first kappa shape index (κ1) is 23.5. The lowest BCUT2D eigenvalue weighted by Gasteiger charge is -2.20. The number of carbonyl (C=O) groups is 1. The largest absolute Gasteiger partial charge is 0.493 e. The van der Waals surface area contributed by atoms with Crippen LogP contribution in [0, 0.1) is 11.2 Å². The molecule has 0 fully saturated rings. The van der Waals surface area contributed by atoms with Crippen LogP contribution < -0.4 is 9.47 Å². The van der Waals surface area contributed by atoms with Gasteiger partial charge in [-0.15, -0.1) is 0 Å². The summed E-state index contributed by atoms with van der Waals surface area (Å²) in [6.07, 6.45) is 2.19. The van der Waals surface area contributed by atoms with Crippen LogP contribution >= 0.6 is 11.8 Å². The SMILES string of the molecule is COc1cc(/C=C2/C(=N)N3N=C(Cc4ccccc4)SC3=NC2=O)ccc1OCc1ccc(F)cc1. The predicted molar refractivity (Wildman–Crippen MR) is 139 cm³/mol. The summed E-state index contributed by atoms with van der Waals surface area (Å²) in [6.45, 7) is 0.244. The van der Waals surface area contributed by atoms with Gasteiger partial charge in [-0.3, -0.25) is 10.2 Å². The number of ether oxygens (including phenoxy) is 2. The number of benzene rings is 3. The highest BCUT2D eigenvalue weighted by Gasteiger charge is 2.35. The molecule has 2 heterocycles. The first-order valence-corrected chi connectivity index (χ1v) is 11.9. The number of halogens is 1. The molecular weight excluding hydrogens is 479 g/mol. The number of hydrazone groups is 1. The molecule has 0 spiro atoms. The van der Waals surface area contributed by atoms with Crippen LogP contribution in [0.4, 0.5) is 4.39 Å². The van der Waals surface area contributed by atoms with E-state index in [1.807, 2.05) is 30.3 Å². The number of hydrogen-bond donors (Lipinski definition) is 1. The maximum atomic E-state index is 13.1. The Morgan fingerprint density at radius 3 is 2.56 bits per heavy atom. The lowest BCUT2D eigenvalue weighted by atomic mass is 10.1. The van der Waals surface area contributed by atoms with Gasteiger partial charge < -0.3 is 9.47 Å². The number of nitrogens with one attached hydrogen (secondary N) is 1. The van der Waals surface area contributed by atoms with Gasteiger partial charge in [0.2, 0.25) is 5.17 Å². The number of thioether (sulfide) groups is 1. The molecular formula is C27H21FN4O3S. The van der Waals surface area contributed by atoms with Crippen LogP contribution in [0.15, 0.2) is 88.5 Å². The van der Waals surface area contributed by atoms with E-state index in [2.05, 4.69) is 10.1 Å². The van der Waals surface area contributed by atoms with Gasteiger partial charge in [-0.1, -0.05) is 48.5 Å². The Bertz CT molecular complexity index is 1420. The quantitative estimate of drug-likeness (QED) is 0.447. The fourth-order valence-corrected chi connectivity index (χ4v) is 4.59. The number of rotatable bonds is 7. The first-order chi connectivity index (χ1) is 17.5. The molecule has 2 aliphatic heterocycles. The molecule has 0 aliphatic carbocycles. The van der Waals surface area contributed by atoms with Crippen molar-refractivity contribution in [3.63, 3.8) is 0 Å². The van der Waals surface area contributed by atoms with Crippen molar-refractivity contribution in [3.05, 3.63) is 101 Å². The molecule has 180 valence electrons. The number of fused-ring (bicyclic) bond motifs is 1. The molecule has 0 unspecified atom stereocenters. The average molecular weight is 501 g/mol. The Kier molecular flexibility index (Phi) is 6.64. The van der Waals surface area contributed by atoms with Crippen molar-refractivity contribution in [2.24, 2.45) is 10.1 Å². The van der Waals surface area contributed by atoms with Gasteiger partial charge in [-0.25, -0.2) is 4.39 Å². The van der Waals surface area contributed by atoms with Crippen LogP contribution in [-0.2, 0) is 17.8 Å². The molecule has 2 aliphatic rings. The number of nitrogens with zero attached hydrogens (tertiary/aromatic N) is 3. The Morgan fingerprint density at radius 2 is 1.81 bits per heavy atom. The van der Waals surface area contributed by atoms with Gasteiger partial charge in [0.25, 0.3) is 5.91 Å². The molecule has 0 radical (unpaired) electrons. The van der Waals surface area contributed by atoms with Gasteiger partial charge in [-0.2, -0.15) is 15.1 Å². The summed E-state index contributed by atoms with van der Waals surface area (Å²) in [5, 5.41) is 15.7. The van der Waals surface area contributed by atoms with E-state index in [0.29, 0.717) is 28.7 Å². The lowest BCUT2D eigenvalue weighted by molar-refractivity contribution is -0.114. The summed E-state index contributed by atoms with van der Waals surface area (Å²) in [6, 6.07) is 21.1. The minimum Gasteiger partial charge on any atom is -0.493 e. The summed E-state index contributed by atoms with van der Waals surface area (Å²) in [5.41, 5.74) is 2.68. The standard InChI is InChI=1S/C27H21FN4O3S/c1-34-23-14-19(9-12-22(23)35-16-18-7-10-20(28)11-8-18)13-21-25(29)32-27(30-26(21)33)36-24(31-32)15-17-5-3-2-4-6-17/h2-14,29H,15-16H2,1H3/b21-13-,29-25?. The Balaban J connectivity index is 1.33. The number of carbonyl (C=O) groups excluding carboxylic acids is 1. The zero-order valence-corrected chi connectivity index (χ0v) is 20.1. The second kappa shape index (κ2) is 10.2. The molecule has 0 atom stereocenters. The average Bonchev–Trinajstić information content (AvgIpc) is 3.29. The van der Waals surface area contributed by atoms with Gasteiger partial charge in [0, 0.05) is 6.42 Å². The van der Waals surface area contributed by atoms with E-state index >= 15 is 0 Å². The second-order valence-electron chi connectivity index (χ2n) is 8.00.